The highest BCUT2D eigenvalue weighted by Gasteiger charge is 2.42. The molecule has 3 amide bonds. The Kier molecular flexibility index (Phi) is 6.50. The molecule has 0 saturated heterocycles. The van der Waals surface area contributed by atoms with Crippen LogP contribution in [0.3, 0.4) is 0 Å². The van der Waals surface area contributed by atoms with E-state index >= 15 is 0 Å². The largest absolute Gasteiger partial charge is 0.480 e. The predicted octanol–water partition coefficient (Wildman–Crippen LogP) is 0.830. The van der Waals surface area contributed by atoms with Crippen molar-refractivity contribution in [3.63, 3.8) is 0 Å². The van der Waals surface area contributed by atoms with Crippen molar-refractivity contribution in [2.45, 2.75) is 38.8 Å². The Morgan fingerprint density at radius 1 is 1.11 bits per heavy atom. The second kappa shape index (κ2) is 8.64. The lowest BCUT2D eigenvalue weighted by molar-refractivity contribution is -0.146. The highest BCUT2D eigenvalue weighted by atomic mass is 16.5. The van der Waals surface area contributed by atoms with Crippen LogP contribution in [0.5, 0.6) is 0 Å². The fourth-order valence-corrected chi connectivity index (χ4v) is 2.99. The molecule has 0 bridgehead atoms. The number of imide groups is 1. The van der Waals surface area contributed by atoms with Gasteiger partial charge in [-0.15, -0.1) is 0 Å². The molecular formula is C19H22N2O7. The van der Waals surface area contributed by atoms with Crippen LogP contribution in [0.2, 0.25) is 0 Å². The van der Waals surface area contributed by atoms with E-state index in [1.165, 1.54) is 19.2 Å². The maximum Gasteiger partial charge on any atom is 0.328 e. The first-order valence-electron chi connectivity index (χ1n) is 8.76. The second-order valence-electron chi connectivity index (χ2n) is 6.73. The molecule has 2 N–H and O–H groups in total. The van der Waals surface area contributed by atoms with Crippen LogP contribution in [0.4, 0.5) is 0 Å². The van der Waals surface area contributed by atoms with Gasteiger partial charge in [-0.05, 0) is 24.5 Å². The number of fused-ring (bicyclic) bond motifs is 1. The number of hydrogen-bond donors (Lipinski definition) is 2. The number of nitrogens with one attached hydrogen (secondary N) is 1. The number of carbonyl (C=O) groups excluding carboxylic acids is 4. The van der Waals surface area contributed by atoms with Gasteiger partial charge in [0.05, 0.1) is 18.2 Å². The van der Waals surface area contributed by atoms with E-state index in [0.717, 1.165) is 0 Å². The van der Waals surface area contributed by atoms with Gasteiger partial charge in [-0.1, -0.05) is 26.0 Å². The van der Waals surface area contributed by atoms with Crippen molar-refractivity contribution in [1.82, 2.24) is 10.2 Å². The fourth-order valence-electron chi connectivity index (χ4n) is 2.99. The number of rotatable bonds is 8. The van der Waals surface area contributed by atoms with Gasteiger partial charge in [0.25, 0.3) is 11.8 Å². The molecule has 0 unspecified atom stereocenters. The molecule has 9 heteroatoms. The van der Waals surface area contributed by atoms with E-state index < -0.39 is 41.7 Å². The van der Waals surface area contributed by atoms with Crippen LogP contribution in [0.15, 0.2) is 24.3 Å². The SMILES string of the molecule is COC(=O)[C@@H](NC(=O)CC[C@@H](C(=O)O)N1C(=O)c2ccccc2C1=O)C(C)C. The maximum absolute atomic E-state index is 12.5. The number of carboxylic acids is 1. The van der Waals surface area contributed by atoms with Crippen LogP contribution < -0.4 is 5.32 Å². The lowest BCUT2D eigenvalue weighted by Crippen LogP contribution is -2.47. The monoisotopic (exact) mass is 390 g/mol. The molecule has 2 rings (SSSR count). The molecule has 0 spiro atoms. The number of esters is 1. The number of benzene rings is 1. The predicted molar refractivity (Wildman–Crippen MR) is 96.4 cm³/mol. The zero-order valence-corrected chi connectivity index (χ0v) is 15.8. The summed E-state index contributed by atoms with van der Waals surface area (Å²) in [6, 6.07) is 3.69. The molecule has 150 valence electrons. The van der Waals surface area contributed by atoms with E-state index in [1.807, 2.05) is 0 Å². The average molecular weight is 390 g/mol. The first-order valence-corrected chi connectivity index (χ1v) is 8.76. The Morgan fingerprint density at radius 3 is 2.07 bits per heavy atom. The third kappa shape index (κ3) is 4.19. The van der Waals surface area contributed by atoms with E-state index in [1.54, 1.807) is 26.0 Å². The minimum atomic E-state index is -1.49. The first kappa shape index (κ1) is 21.1. The Bertz CT molecular complexity index is 783. The standard InChI is InChI=1S/C19H22N2O7/c1-10(2)15(19(27)28-3)20-14(22)9-8-13(18(25)26)21-16(23)11-6-4-5-7-12(11)17(21)24/h4-7,10,13,15H,8-9H2,1-3H3,(H,20,22)(H,25,26)/t13-,15-/m0/s1. The highest BCUT2D eigenvalue weighted by Crippen LogP contribution is 2.26. The van der Waals surface area contributed by atoms with E-state index in [4.69, 9.17) is 0 Å². The van der Waals surface area contributed by atoms with Crippen molar-refractivity contribution < 1.29 is 33.8 Å². The molecule has 28 heavy (non-hydrogen) atoms. The Balaban J connectivity index is 2.09. The van der Waals surface area contributed by atoms with E-state index in [0.29, 0.717) is 4.90 Å². The summed E-state index contributed by atoms with van der Waals surface area (Å²) in [6.07, 6.45) is -0.566. The number of nitrogens with zero attached hydrogens (tertiary/aromatic N) is 1. The molecule has 1 aliphatic heterocycles. The second-order valence-corrected chi connectivity index (χ2v) is 6.73. The summed E-state index contributed by atoms with van der Waals surface area (Å²) in [5.41, 5.74) is 0.266. The van der Waals surface area contributed by atoms with Crippen molar-refractivity contribution in [1.29, 1.82) is 0 Å². The summed E-state index contributed by atoms with van der Waals surface area (Å²) in [7, 11) is 1.20. The highest BCUT2D eigenvalue weighted by molar-refractivity contribution is 6.22. The van der Waals surface area contributed by atoms with Crippen LogP contribution in [-0.4, -0.2) is 58.9 Å². The van der Waals surface area contributed by atoms with Crippen LogP contribution >= 0.6 is 0 Å². The summed E-state index contributed by atoms with van der Waals surface area (Å²) in [5, 5.41) is 12.0. The molecule has 0 fully saturated rings. The number of carboxylic acid groups (broad SMARTS) is 1. The molecule has 1 aromatic rings. The van der Waals surface area contributed by atoms with Gasteiger partial charge in [-0.3, -0.25) is 19.3 Å². The number of methoxy groups -OCH3 is 1. The topological polar surface area (TPSA) is 130 Å². The molecular weight excluding hydrogens is 368 g/mol. The zero-order valence-electron chi connectivity index (χ0n) is 15.8. The molecule has 1 aromatic carbocycles. The van der Waals surface area contributed by atoms with Gasteiger partial charge in [0.1, 0.15) is 12.1 Å². The van der Waals surface area contributed by atoms with Crippen LogP contribution in [-0.2, 0) is 19.1 Å². The summed E-state index contributed by atoms with van der Waals surface area (Å²) in [6.45, 7) is 3.45. The maximum atomic E-state index is 12.5. The lowest BCUT2D eigenvalue weighted by Gasteiger charge is -2.23. The average Bonchev–Trinajstić information content (AvgIpc) is 2.90. The molecule has 1 aliphatic rings. The minimum Gasteiger partial charge on any atom is -0.480 e. The van der Waals surface area contributed by atoms with Crippen molar-refractivity contribution in [2.24, 2.45) is 5.92 Å². The third-order valence-electron chi connectivity index (χ3n) is 4.51. The van der Waals surface area contributed by atoms with Crippen molar-refractivity contribution in [2.75, 3.05) is 7.11 Å². The van der Waals surface area contributed by atoms with Gasteiger partial charge >= 0.3 is 11.9 Å². The fraction of sp³-hybridized carbons (Fsp3) is 0.421. The minimum absolute atomic E-state index is 0.133. The van der Waals surface area contributed by atoms with Gasteiger partial charge in [-0.25, -0.2) is 9.59 Å². The zero-order chi connectivity index (χ0) is 21.0. The molecule has 0 saturated carbocycles. The van der Waals surface area contributed by atoms with Crippen LogP contribution in [0.25, 0.3) is 0 Å². The third-order valence-corrected chi connectivity index (χ3v) is 4.51. The number of hydrogen-bond acceptors (Lipinski definition) is 6. The Hall–Kier alpha value is -3.23. The number of carbonyl (C=O) groups is 5. The number of ether oxygens (including phenoxy) is 1. The van der Waals surface area contributed by atoms with Crippen LogP contribution in [0.1, 0.15) is 47.4 Å². The van der Waals surface area contributed by atoms with Crippen molar-refractivity contribution in [3.05, 3.63) is 35.4 Å². The Morgan fingerprint density at radius 2 is 1.64 bits per heavy atom. The molecule has 0 aliphatic carbocycles. The number of amides is 3. The molecule has 2 atom stereocenters. The number of aliphatic carboxylic acids is 1. The lowest BCUT2D eigenvalue weighted by atomic mass is 10.0. The van der Waals surface area contributed by atoms with Gasteiger partial charge in [0.2, 0.25) is 5.91 Å². The molecule has 1 heterocycles. The summed E-state index contributed by atoms with van der Waals surface area (Å²) >= 11 is 0. The summed E-state index contributed by atoms with van der Waals surface area (Å²) in [5.74, 6) is -4.23. The van der Waals surface area contributed by atoms with Gasteiger partial charge in [-0.2, -0.15) is 0 Å². The Labute approximate surface area is 161 Å². The summed E-state index contributed by atoms with van der Waals surface area (Å²) < 4.78 is 4.64. The van der Waals surface area contributed by atoms with E-state index in [2.05, 4.69) is 10.1 Å². The van der Waals surface area contributed by atoms with Gasteiger partial charge in [0, 0.05) is 6.42 Å². The van der Waals surface area contributed by atoms with Crippen molar-refractivity contribution >= 4 is 29.7 Å². The van der Waals surface area contributed by atoms with E-state index in [9.17, 15) is 29.1 Å². The van der Waals surface area contributed by atoms with E-state index in [-0.39, 0.29) is 29.9 Å². The molecule has 0 radical (unpaired) electrons. The van der Waals surface area contributed by atoms with Crippen LogP contribution in [0, 0.1) is 5.92 Å². The smallest absolute Gasteiger partial charge is 0.328 e. The first-order chi connectivity index (χ1) is 13.2. The normalized spacial score (nSPS) is 15.2. The van der Waals surface area contributed by atoms with Gasteiger partial charge in [0.15, 0.2) is 0 Å². The van der Waals surface area contributed by atoms with Gasteiger partial charge < -0.3 is 15.2 Å². The molecule has 9 nitrogen and oxygen atoms in total. The summed E-state index contributed by atoms with van der Waals surface area (Å²) in [4.78, 5) is 61.2. The quantitative estimate of drug-likeness (QED) is 0.497. The van der Waals surface area contributed by atoms with Crippen molar-refractivity contribution in [3.8, 4) is 0 Å². The molecule has 0 aromatic heterocycles.